The maximum absolute atomic E-state index is 12.6. The number of ether oxygens (including phenoxy) is 1. The van der Waals surface area contributed by atoms with E-state index >= 15 is 0 Å². The zero-order valence-electron chi connectivity index (χ0n) is 11.6. The molecule has 2 aliphatic rings. The summed E-state index contributed by atoms with van der Waals surface area (Å²) in [5, 5.41) is 1.70. The predicted octanol–water partition coefficient (Wildman–Crippen LogP) is 4.01. The SMILES string of the molecule is O=C1[C@H](SC2CCOCC2)CCN1c1ccc(Cl)cc1Cl. The van der Waals surface area contributed by atoms with Gasteiger partial charge in [-0.1, -0.05) is 23.2 Å². The minimum atomic E-state index is 0.0415. The molecule has 6 heteroatoms. The molecule has 0 saturated carbocycles. The van der Waals surface area contributed by atoms with E-state index in [0.29, 0.717) is 15.3 Å². The van der Waals surface area contributed by atoms with Crippen molar-refractivity contribution in [3.05, 3.63) is 28.2 Å². The number of benzene rings is 1. The summed E-state index contributed by atoms with van der Waals surface area (Å²) in [6.45, 7) is 2.34. The van der Waals surface area contributed by atoms with E-state index in [-0.39, 0.29) is 11.2 Å². The number of hydrogen-bond donors (Lipinski definition) is 0. The van der Waals surface area contributed by atoms with Crippen molar-refractivity contribution < 1.29 is 9.53 Å². The normalized spacial score (nSPS) is 23.8. The zero-order valence-corrected chi connectivity index (χ0v) is 13.9. The topological polar surface area (TPSA) is 29.5 Å². The van der Waals surface area contributed by atoms with Gasteiger partial charge in [-0.25, -0.2) is 0 Å². The number of thioether (sulfide) groups is 1. The van der Waals surface area contributed by atoms with Crippen molar-refractivity contribution in [2.24, 2.45) is 0 Å². The fourth-order valence-electron chi connectivity index (χ4n) is 2.76. The number of anilines is 1. The quantitative estimate of drug-likeness (QED) is 0.828. The zero-order chi connectivity index (χ0) is 14.8. The number of carbonyl (C=O) groups excluding carboxylic acids is 1. The van der Waals surface area contributed by atoms with Gasteiger partial charge in [0.2, 0.25) is 5.91 Å². The average Bonchev–Trinajstić information content (AvgIpc) is 2.82. The molecule has 1 aromatic rings. The maximum Gasteiger partial charge on any atom is 0.240 e. The van der Waals surface area contributed by atoms with Crippen LogP contribution < -0.4 is 4.90 Å². The van der Waals surface area contributed by atoms with Crippen molar-refractivity contribution in [2.75, 3.05) is 24.7 Å². The third-order valence-electron chi connectivity index (χ3n) is 3.88. The summed E-state index contributed by atoms with van der Waals surface area (Å²) < 4.78 is 5.37. The van der Waals surface area contributed by atoms with Gasteiger partial charge in [0.25, 0.3) is 0 Å². The van der Waals surface area contributed by atoms with Crippen molar-refractivity contribution >= 4 is 46.6 Å². The average molecular weight is 346 g/mol. The second kappa shape index (κ2) is 6.78. The third-order valence-corrected chi connectivity index (χ3v) is 6.04. The first-order chi connectivity index (χ1) is 10.1. The summed E-state index contributed by atoms with van der Waals surface area (Å²) in [6, 6.07) is 5.28. The molecule has 0 aromatic heterocycles. The second-order valence-corrected chi connectivity index (χ2v) is 7.66. The molecule has 3 rings (SSSR count). The van der Waals surface area contributed by atoms with Crippen LogP contribution in [0.25, 0.3) is 0 Å². The molecule has 3 nitrogen and oxygen atoms in total. The summed E-state index contributed by atoms with van der Waals surface area (Å²) >= 11 is 13.9. The predicted molar refractivity (Wildman–Crippen MR) is 88.7 cm³/mol. The van der Waals surface area contributed by atoms with Crippen LogP contribution >= 0.6 is 35.0 Å². The third kappa shape index (κ3) is 3.50. The van der Waals surface area contributed by atoms with Gasteiger partial charge in [0.1, 0.15) is 0 Å². The van der Waals surface area contributed by atoms with Crippen LogP contribution in [-0.2, 0) is 9.53 Å². The van der Waals surface area contributed by atoms with Gasteiger partial charge in [-0.05, 0) is 37.5 Å². The number of rotatable bonds is 3. The highest BCUT2D eigenvalue weighted by Gasteiger charge is 2.35. The molecule has 0 spiro atoms. The van der Waals surface area contributed by atoms with Crippen LogP contribution in [0.1, 0.15) is 19.3 Å². The highest BCUT2D eigenvalue weighted by atomic mass is 35.5. The summed E-state index contributed by atoms with van der Waals surface area (Å²) in [6.07, 6.45) is 2.95. The molecule has 1 amide bonds. The minimum absolute atomic E-state index is 0.0415. The number of nitrogens with zero attached hydrogens (tertiary/aromatic N) is 1. The Balaban J connectivity index is 1.68. The summed E-state index contributed by atoms with van der Waals surface area (Å²) in [7, 11) is 0. The largest absolute Gasteiger partial charge is 0.381 e. The standard InChI is InChI=1S/C15H17Cl2NO2S/c16-10-1-2-13(12(17)9-10)18-6-3-14(15(18)19)21-11-4-7-20-8-5-11/h1-2,9,11,14H,3-8H2/t14-/m1/s1. The van der Waals surface area contributed by atoms with Crippen LogP contribution in [0, 0.1) is 0 Å². The van der Waals surface area contributed by atoms with Crippen LogP contribution in [0.2, 0.25) is 10.0 Å². The number of halogens is 2. The fourth-order valence-corrected chi connectivity index (χ4v) is 4.69. The van der Waals surface area contributed by atoms with Gasteiger partial charge < -0.3 is 9.64 Å². The van der Waals surface area contributed by atoms with E-state index < -0.39 is 0 Å². The smallest absolute Gasteiger partial charge is 0.240 e. The van der Waals surface area contributed by atoms with Gasteiger partial charge in [0.15, 0.2) is 0 Å². The van der Waals surface area contributed by atoms with Gasteiger partial charge in [0.05, 0.1) is 16.0 Å². The first-order valence-electron chi connectivity index (χ1n) is 7.15. The monoisotopic (exact) mass is 345 g/mol. The van der Waals surface area contributed by atoms with E-state index in [0.717, 1.165) is 44.7 Å². The Morgan fingerprint density at radius 3 is 2.67 bits per heavy atom. The molecule has 1 atom stereocenters. The molecular weight excluding hydrogens is 329 g/mol. The Morgan fingerprint density at radius 2 is 1.95 bits per heavy atom. The van der Waals surface area contributed by atoms with Gasteiger partial charge >= 0.3 is 0 Å². The van der Waals surface area contributed by atoms with E-state index in [1.54, 1.807) is 28.8 Å². The van der Waals surface area contributed by atoms with E-state index in [9.17, 15) is 4.79 Å². The van der Waals surface area contributed by atoms with E-state index in [4.69, 9.17) is 27.9 Å². The molecule has 114 valence electrons. The van der Waals surface area contributed by atoms with Crippen molar-refractivity contribution in [3.8, 4) is 0 Å². The maximum atomic E-state index is 12.6. The van der Waals surface area contributed by atoms with Crippen LogP contribution in [-0.4, -0.2) is 36.2 Å². The van der Waals surface area contributed by atoms with E-state index in [1.165, 1.54) is 0 Å². The highest BCUT2D eigenvalue weighted by Crippen LogP contribution is 2.37. The molecule has 2 fully saturated rings. The molecule has 2 heterocycles. The first kappa shape index (κ1) is 15.5. The van der Waals surface area contributed by atoms with Gasteiger partial charge in [-0.2, -0.15) is 0 Å². The molecule has 21 heavy (non-hydrogen) atoms. The molecule has 0 unspecified atom stereocenters. The lowest BCUT2D eigenvalue weighted by Crippen LogP contribution is -2.30. The van der Waals surface area contributed by atoms with Crippen molar-refractivity contribution in [1.82, 2.24) is 0 Å². The van der Waals surface area contributed by atoms with Crippen LogP contribution in [0.15, 0.2) is 18.2 Å². The number of hydrogen-bond acceptors (Lipinski definition) is 3. The lowest BCUT2D eigenvalue weighted by Gasteiger charge is -2.24. The molecule has 1 aromatic carbocycles. The van der Waals surface area contributed by atoms with Crippen molar-refractivity contribution in [1.29, 1.82) is 0 Å². The van der Waals surface area contributed by atoms with Crippen LogP contribution in [0.4, 0.5) is 5.69 Å². The summed E-state index contributed by atoms with van der Waals surface area (Å²) in [4.78, 5) is 14.4. The van der Waals surface area contributed by atoms with Crippen molar-refractivity contribution in [3.63, 3.8) is 0 Å². The minimum Gasteiger partial charge on any atom is -0.381 e. The molecule has 2 saturated heterocycles. The molecule has 0 bridgehead atoms. The second-order valence-electron chi connectivity index (χ2n) is 5.31. The fraction of sp³-hybridized carbons (Fsp3) is 0.533. The molecule has 0 N–H and O–H groups in total. The van der Waals surface area contributed by atoms with Gasteiger partial charge in [-0.3, -0.25) is 4.79 Å². The lowest BCUT2D eigenvalue weighted by molar-refractivity contribution is -0.116. The lowest BCUT2D eigenvalue weighted by atomic mass is 10.2. The molecule has 0 radical (unpaired) electrons. The van der Waals surface area contributed by atoms with E-state index in [2.05, 4.69) is 0 Å². The molecule has 0 aliphatic carbocycles. The molecular formula is C15H17Cl2NO2S. The number of amides is 1. The Bertz CT molecular complexity index is 534. The van der Waals surface area contributed by atoms with Crippen molar-refractivity contribution in [2.45, 2.75) is 29.8 Å². The van der Waals surface area contributed by atoms with Crippen LogP contribution in [0.3, 0.4) is 0 Å². The Morgan fingerprint density at radius 1 is 1.19 bits per heavy atom. The first-order valence-corrected chi connectivity index (χ1v) is 8.84. The number of carbonyl (C=O) groups is 1. The summed E-state index contributed by atoms with van der Waals surface area (Å²) in [5.41, 5.74) is 0.765. The van der Waals surface area contributed by atoms with Gasteiger partial charge in [-0.15, -0.1) is 11.8 Å². The highest BCUT2D eigenvalue weighted by molar-refractivity contribution is 8.01. The Hall–Kier alpha value is -0.420. The van der Waals surface area contributed by atoms with Crippen LogP contribution in [0.5, 0.6) is 0 Å². The summed E-state index contributed by atoms with van der Waals surface area (Å²) in [5.74, 6) is 0.163. The Labute approximate surface area is 138 Å². The van der Waals surface area contributed by atoms with E-state index in [1.807, 2.05) is 6.07 Å². The van der Waals surface area contributed by atoms with Gasteiger partial charge in [0, 0.05) is 30.0 Å². The Kier molecular flexibility index (Phi) is 4.99. The molecule has 2 aliphatic heterocycles.